The number of aliphatic imine (C=N–C) groups is 1. The van der Waals surface area contributed by atoms with E-state index in [1.54, 1.807) is 6.07 Å². The summed E-state index contributed by atoms with van der Waals surface area (Å²) in [7, 11) is 0. The highest BCUT2D eigenvalue weighted by atomic mass is 35.5. The van der Waals surface area contributed by atoms with Crippen LogP contribution in [0.3, 0.4) is 0 Å². The van der Waals surface area contributed by atoms with Crippen molar-refractivity contribution in [3.8, 4) is 0 Å². The Labute approximate surface area is 109 Å². The van der Waals surface area contributed by atoms with Crippen molar-refractivity contribution in [1.29, 1.82) is 0 Å². The van der Waals surface area contributed by atoms with E-state index < -0.39 is 0 Å². The Morgan fingerprint density at radius 3 is 2.89 bits per heavy atom. The number of hydrogen-bond acceptors (Lipinski definition) is 4. The van der Waals surface area contributed by atoms with Crippen LogP contribution in [0.25, 0.3) is 5.65 Å². The molecule has 92 valence electrons. The van der Waals surface area contributed by atoms with E-state index >= 15 is 0 Å². The minimum atomic E-state index is 0.412. The minimum absolute atomic E-state index is 0.412. The van der Waals surface area contributed by atoms with Gasteiger partial charge in [-0.05, 0) is 25.5 Å². The zero-order chi connectivity index (χ0) is 12.7. The van der Waals surface area contributed by atoms with Crippen molar-refractivity contribution in [2.24, 2.45) is 4.99 Å². The van der Waals surface area contributed by atoms with Crippen LogP contribution in [0.5, 0.6) is 0 Å². The highest BCUT2D eigenvalue weighted by Crippen LogP contribution is 2.17. The number of aryl methyl sites for hydroxylation is 1. The Hall–Kier alpha value is -1.88. The van der Waals surface area contributed by atoms with E-state index in [1.165, 1.54) is 5.57 Å². The fraction of sp³-hybridized carbons (Fsp3) is 0.250. The molecule has 0 aliphatic carbocycles. The van der Waals surface area contributed by atoms with Crippen LogP contribution in [-0.4, -0.2) is 26.7 Å². The first-order valence-corrected chi connectivity index (χ1v) is 6.00. The molecule has 2 aromatic heterocycles. The smallest absolute Gasteiger partial charge is 0.215 e. The van der Waals surface area contributed by atoms with Gasteiger partial charge in [-0.25, -0.2) is 9.97 Å². The average Bonchev–Trinajstić information content (AvgIpc) is 2.84. The maximum Gasteiger partial charge on any atom is 0.215 e. The summed E-state index contributed by atoms with van der Waals surface area (Å²) >= 11 is 5.99. The highest BCUT2D eigenvalue weighted by molar-refractivity contribution is 6.29. The zero-order valence-electron chi connectivity index (χ0n) is 10.1. The predicted octanol–water partition coefficient (Wildman–Crippen LogP) is 2.46. The highest BCUT2D eigenvalue weighted by Gasteiger charge is 2.10. The van der Waals surface area contributed by atoms with Crippen LogP contribution in [0.4, 0.5) is 5.95 Å². The number of nitrogens with one attached hydrogen (secondary N) is 1. The third-order valence-electron chi connectivity index (χ3n) is 2.66. The van der Waals surface area contributed by atoms with E-state index in [0.29, 0.717) is 11.1 Å². The summed E-state index contributed by atoms with van der Waals surface area (Å²) in [5.74, 6) is 1.43. The van der Waals surface area contributed by atoms with Crippen molar-refractivity contribution in [1.82, 2.24) is 14.4 Å². The van der Waals surface area contributed by atoms with Gasteiger partial charge in [0, 0.05) is 12.3 Å². The fourth-order valence-electron chi connectivity index (χ4n) is 1.89. The predicted molar refractivity (Wildman–Crippen MR) is 72.4 cm³/mol. The van der Waals surface area contributed by atoms with Crippen LogP contribution in [0.2, 0.25) is 5.15 Å². The van der Waals surface area contributed by atoms with Crippen molar-refractivity contribution in [2.75, 3.05) is 11.9 Å². The number of anilines is 1. The van der Waals surface area contributed by atoms with Crippen LogP contribution in [0, 0.1) is 6.92 Å². The second-order valence-corrected chi connectivity index (χ2v) is 4.72. The summed E-state index contributed by atoms with van der Waals surface area (Å²) in [6.07, 6.45) is 3.91. The molecule has 0 saturated carbocycles. The van der Waals surface area contributed by atoms with E-state index in [-0.39, 0.29) is 0 Å². The molecule has 1 N–H and O–H groups in total. The lowest BCUT2D eigenvalue weighted by atomic mass is 10.3. The number of amidine groups is 1. The van der Waals surface area contributed by atoms with Gasteiger partial charge in [0.15, 0.2) is 0 Å². The molecule has 6 heteroatoms. The average molecular weight is 262 g/mol. The van der Waals surface area contributed by atoms with E-state index in [9.17, 15) is 0 Å². The van der Waals surface area contributed by atoms with Gasteiger partial charge in [-0.2, -0.15) is 0 Å². The van der Waals surface area contributed by atoms with E-state index in [4.69, 9.17) is 11.6 Å². The Morgan fingerprint density at radius 1 is 1.33 bits per heavy atom. The van der Waals surface area contributed by atoms with Crippen LogP contribution in [0.15, 0.2) is 28.9 Å². The van der Waals surface area contributed by atoms with Gasteiger partial charge in [-0.3, -0.25) is 9.39 Å². The molecule has 0 bridgehead atoms. The summed E-state index contributed by atoms with van der Waals surface area (Å²) in [5, 5.41) is 3.58. The maximum absolute atomic E-state index is 5.99. The van der Waals surface area contributed by atoms with Crippen molar-refractivity contribution in [3.63, 3.8) is 0 Å². The molecule has 18 heavy (non-hydrogen) atoms. The maximum atomic E-state index is 5.99. The molecule has 2 aromatic rings. The minimum Gasteiger partial charge on any atom is -0.310 e. The molecule has 0 fully saturated rings. The standard InChI is InChI=1S/C12H12ClN5/c1-7-3-10(14-5-7)17-12-16-9(13)4-11-15-8(2)6-18(11)12/h3-4,6H,5H2,1-2H3,(H,14,16,17). The molecule has 0 spiro atoms. The molecule has 0 atom stereocenters. The summed E-state index contributed by atoms with van der Waals surface area (Å²) in [6, 6.07) is 1.73. The number of rotatable bonds is 1. The van der Waals surface area contributed by atoms with Gasteiger partial charge in [0.2, 0.25) is 5.95 Å². The van der Waals surface area contributed by atoms with E-state index in [1.807, 2.05) is 30.5 Å². The molecule has 0 unspecified atom stereocenters. The quantitative estimate of drug-likeness (QED) is 0.803. The molecule has 3 rings (SSSR count). The SMILES string of the molecule is CC1=CC(Nc2nc(Cl)cc3nc(C)cn23)=NC1. The second kappa shape index (κ2) is 4.10. The summed E-state index contributed by atoms with van der Waals surface area (Å²) in [5.41, 5.74) is 2.91. The van der Waals surface area contributed by atoms with Gasteiger partial charge < -0.3 is 5.32 Å². The van der Waals surface area contributed by atoms with Gasteiger partial charge in [0.25, 0.3) is 0 Å². The molecule has 0 saturated heterocycles. The lowest BCUT2D eigenvalue weighted by Crippen LogP contribution is -2.12. The second-order valence-electron chi connectivity index (χ2n) is 4.33. The van der Waals surface area contributed by atoms with Gasteiger partial charge in [-0.15, -0.1) is 0 Å². The summed E-state index contributed by atoms with van der Waals surface area (Å²) in [4.78, 5) is 13.0. The monoisotopic (exact) mass is 261 g/mol. The van der Waals surface area contributed by atoms with E-state index in [2.05, 4.69) is 20.3 Å². The lowest BCUT2D eigenvalue weighted by molar-refractivity contribution is 1.09. The summed E-state index contributed by atoms with van der Waals surface area (Å²) in [6.45, 7) is 4.71. The van der Waals surface area contributed by atoms with Gasteiger partial charge in [0.05, 0.1) is 12.2 Å². The van der Waals surface area contributed by atoms with Crippen LogP contribution >= 0.6 is 11.6 Å². The largest absolute Gasteiger partial charge is 0.310 e. The third kappa shape index (κ3) is 1.97. The molecular weight excluding hydrogens is 250 g/mol. The Morgan fingerprint density at radius 2 is 2.17 bits per heavy atom. The Balaban J connectivity index is 2.05. The number of hydrogen-bond donors (Lipinski definition) is 1. The van der Waals surface area contributed by atoms with Crippen molar-refractivity contribution >= 4 is 29.0 Å². The third-order valence-corrected chi connectivity index (χ3v) is 2.86. The number of imidazole rings is 1. The van der Waals surface area contributed by atoms with Crippen molar-refractivity contribution < 1.29 is 0 Å². The number of aromatic nitrogens is 3. The van der Waals surface area contributed by atoms with Gasteiger partial charge in [0.1, 0.15) is 16.6 Å². The molecule has 1 aliphatic rings. The zero-order valence-corrected chi connectivity index (χ0v) is 10.9. The van der Waals surface area contributed by atoms with Crippen LogP contribution < -0.4 is 5.32 Å². The molecule has 0 aromatic carbocycles. The summed E-state index contributed by atoms with van der Waals surface area (Å²) < 4.78 is 1.87. The topological polar surface area (TPSA) is 54.6 Å². The normalized spacial score (nSPS) is 14.8. The Bertz CT molecular complexity index is 683. The first-order chi connectivity index (χ1) is 8.61. The first kappa shape index (κ1) is 11.2. The molecule has 1 aliphatic heterocycles. The molecule has 3 heterocycles. The lowest BCUT2D eigenvalue weighted by Gasteiger charge is -2.06. The van der Waals surface area contributed by atoms with Crippen LogP contribution in [-0.2, 0) is 0 Å². The molecule has 0 amide bonds. The van der Waals surface area contributed by atoms with Crippen molar-refractivity contribution in [2.45, 2.75) is 13.8 Å². The molecule has 0 radical (unpaired) electrons. The Kier molecular flexibility index (Phi) is 2.56. The molecule has 5 nitrogen and oxygen atoms in total. The number of fused-ring (bicyclic) bond motifs is 1. The fourth-order valence-corrected chi connectivity index (χ4v) is 2.07. The molecular formula is C12H12ClN5. The first-order valence-electron chi connectivity index (χ1n) is 5.63. The van der Waals surface area contributed by atoms with Crippen LogP contribution in [0.1, 0.15) is 12.6 Å². The number of nitrogens with zero attached hydrogens (tertiary/aromatic N) is 4. The van der Waals surface area contributed by atoms with Gasteiger partial charge >= 0.3 is 0 Å². The van der Waals surface area contributed by atoms with Gasteiger partial charge in [-0.1, -0.05) is 11.6 Å². The number of halogens is 1. The van der Waals surface area contributed by atoms with E-state index in [0.717, 1.165) is 23.7 Å². The van der Waals surface area contributed by atoms with Crippen molar-refractivity contribution in [3.05, 3.63) is 34.8 Å².